The Kier molecular flexibility index (Phi) is 3.38. The summed E-state index contributed by atoms with van der Waals surface area (Å²) in [7, 11) is 0. The molecule has 0 aromatic carbocycles. The van der Waals surface area contributed by atoms with Crippen LogP contribution in [0.3, 0.4) is 0 Å². The summed E-state index contributed by atoms with van der Waals surface area (Å²) >= 11 is 1.21. The molecule has 0 atom stereocenters. The van der Waals surface area contributed by atoms with Gasteiger partial charge in [0.25, 0.3) is 0 Å². The summed E-state index contributed by atoms with van der Waals surface area (Å²) in [5.74, 6) is -0.236. The van der Waals surface area contributed by atoms with Gasteiger partial charge in [-0.15, -0.1) is 0 Å². The van der Waals surface area contributed by atoms with Gasteiger partial charge < -0.3 is 5.11 Å². The lowest BCUT2D eigenvalue weighted by Crippen LogP contribution is -2.03. The van der Waals surface area contributed by atoms with Gasteiger partial charge in [-0.25, -0.2) is 14.6 Å². The first kappa shape index (κ1) is 11.6. The van der Waals surface area contributed by atoms with Crippen molar-refractivity contribution in [3.8, 4) is 5.82 Å². The molecule has 0 saturated carbocycles. The molecule has 0 unspecified atom stereocenters. The quantitative estimate of drug-likeness (QED) is 0.820. The molecule has 0 aliphatic rings. The van der Waals surface area contributed by atoms with E-state index < -0.39 is 5.97 Å². The van der Waals surface area contributed by atoms with E-state index in [4.69, 9.17) is 5.11 Å². The van der Waals surface area contributed by atoms with Gasteiger partial charge in [-0.1, -0.05) is 11.8 Å². The van der Waals surface area contributed by atoms with Crippen molar-refractivity contribution in [3.05, 3.63) is 30.4 Å². The van der Waals surface area contributed by atoms with Gasteiger partial charge >= 0.3 is 5.97 Å². The number of aryl methyl sites for hydroxylation is 1. The second-order valence-electron chi connectivity index (χ2n) is 3.29. The van der Waals surface area contributed by atoms with Crippen molar-refractivity contribution in [1.29, 1.82) is 0 Å². The van der Waals surface area contributed by atoms with Crippen LogP contribution < -0.4 is 0 Å². The minimum Gasteiger partial charge on any atom is -0.481 e. The van der Waals surface area contributed by atoms with Crippen molar-refractivity contribution >= 4 is 17.7 Å². The van der Waals surface area contributed by atoms with Gasteiger partial charge in [0.15, 0.2) is 5.82 Å². The van der Waals surface area contributed by atoms with Gasteiger partial charge in [0, 0.05) is 12.3 Å². The number of carboxylic acids is 1. The molecule has 7 heteroatoms. The number of hydrogen-bond acceptors (Lipinski definition) is 5. The molecule has 2 aromatic heterocycles. The van der Waals surface area contributed by atoms with Crippen LogP contribution in [-0.2, 0) is 4.79 Å². The number of thioether (sulfide) groups is 1. The predicted molar refractivity (Wildman–Crippen MR) is 62.3 cm³/mol. The van der Waals surface area contributed by atoms with E-state index in [2.05, 4.69) is 15.1 Å². The average molecular weight is 250 g/mol. The maximum atomic E-state index is 10.6. The highest BCUT2D eigenvalue weighted by Crippen LogP contribution is 2.21. The SMILES string of the molecule is Cc1cc(SCC(=O)O)n(-c2ccncn2)n1. The van der Waals surface area contributed by atoms with Gasteiger partial charge in [-0.05, 0) is 13.0 Å². The number of nitrogens with zero attached hydrogens (tertiary/aromatic N) is 4. The van der Waals surface area contributed by atoms with E-state index >= 15 is 0 Å². The molecule has 2 rings (SSSR count). The Morgan fingerprint density at radius 3 is 3.06 bits per heavy atom. The molecule has 17 heavy (non-hydrogen) atoms. The van der Waals surface area contributed by atoms with Gasteiger partial charge in [0.1, 0.15) is 11.4 Å². The van der Waals surface area contributed by atoms with Crippen LogP contribution in [-0.4, -0.2) is 36.6 Å². The molecule has 0 spiro atoms. The topological polar surface area (TPSA) is 80.9 Å². The van der Waals surface area contributed by atoms with Crippen LogP contribution in [0.2, 0.25) is 0 Å². The summed E-state index contributed by atoms with van der Waals surface area (Å²) in [6, 6.07) is 3.55. The van der Waals surface area contributed by atoms with Crippen LogP contribution in [0, 0.1) is 6.92 Å². The van der Waals surface area contributed by atoms with E-state index in [1.807, 2.05) is 13.0 Å². The fourth-order valence-corrected chi connectivity index (χ4v) is 2.07. The largest absolute Gasteiger partial charge is 0.481 e. The summed E-state index contributed by atoms with van der Waals surface area (Å²) in [4.78, 5) is 18.5. The number of rotatable bonds is 4. The van der Waals surface area contributed by atoms with Gasteiger partial charge in [-0.2, -0.15) is 5.10 Å². The number of hydrogen-bond donors (Lipinski definition) is 1. The number of aromatic nitrogens is 4. The molecule has 2 aromatic rings. The third kappa shape index (κ3) is 2.82. The van der Waals surface area contributed by atoms with E-state index in [1.165, 1.54) is 18.1 Å². The van der Waals surface area contributed by atoms with Crippen LogP contribution in [0.1, 0.15) is 5.69 Å². The van der Waals surface area contributed by atoms with E-state index in [0.29, 0.717) is 5.82 Å². The summed E-state index contributed by atoms with van der Waals surface area (Å²) in [6.45, 7) is 1.85. The van der Waals surface area contributed by atoms with E-state index in [9.17, 15) is 4.79 Å². The number of carbonyl (C=O) groups is 1. The molecule has 0 radical (unpaired) electrons. The van der Waals surface area contributed by atoms with E-state index in [-0.39, 0.29) is 5.75 Å². The zero-order valence-electron chi connectivity index (χ0n) is 9.07. The second-order valence-corrected chi connectivity index (χ2v) is 4.28. The lowest BCUT2D eigenvalue weighted by atomic mass is 10.5. The maximum Gasteiger partial charge on any atom is 0.313 e. The van der Waals surface area contributed by atoms with Crippen LogP contribution in [0.25, 0.3) is 5.82 Å². The molecule has 2 heterocycles. The maximum absolute atomic E-state index is 10.6. The molecule has 0 bridgehead atoms. The standard InChI is InChI=1S/C10H10N4O2S/c1-7-4-9(17-5-10(15)16)14(13-7)8-2-3-11-6-12-8/h2-4,6H,5H2,1H3,(H,15,16). The molecule has 0 aliphatic heterocycles. The normalized spacial score (nSPS) is 10.4. The molecule has 0 amide bonds. The lowest BCUT2D eigenvalue weighted by Gasteiger charge is -2.03. The number of aliphatic carboxylic acids is 1. The first-order valence-corrected chi connectivity index (χ1v) is 5.83. The smallest absolute Gasteiger partial charge is 0.313 e. The Morgan fingerprint density at radius 1 is 1.59 bits per heavy atom. The second kappa shape index (κ2) is 4.96. The Morgan fingerprint density at radius 2 is 2.41 bits per heavy atom. The molecular formula is C10H10N4O2S. The Bertz CT molecular complexity index is 526. The third-order valence-corrected chi connectivity index (χ3v) is 2.90. The first-order chi connectivity index (χ1) is 8.16. The minimum atomic E-state index is -0.858. The Labute approximate surface area is 102 Å². The molecule has 0 aliphatic carbocycles. The molecule has 6 nitrogen and oxygen atoms in total. The fourth-order valence-electron chi connectivity index (χ4n) is 1.29. The lowest BCUT2D eigenvalue weighted by molar-refractivity contribution is -0.133. The van der Waals surface area contributed by atoms with Crippen LogP contribution in [0.5, 0.6) is 0 Å². The Hall–Kier alpha value is -1.89. The van der Waals surface area contributed by atoms with Crippen molar-refractivity contribution < 1.29 is 9.90 Å². The zero-order chi connectivity index (χ0) is 12.3. The number of carboxylic acid groups (broad SMARTS) is 1. The molecule has 0 saturated heterocycles. The molecular weight excluding hydrogens is 240 g/mol. The van der Waals surface area contributed by atoms with Crippen LogP contribution in [0.15, 0.2) is 29.7 Å². The summed E-state index contributed by atoms with van der Waals surface area (Å²) in [5, 5.41) is 13.7. The first-order valence-electron chi connectivity index (χ1n) is 4.84. The molecule has 1 N–H and O–H groups in total. The van der Waals surface area contributed by atoms with Crippen molar-refractivity contribution in [3.63, 3.8) is 0 Å². The van der Waals surface area contributed by atoms with Gasteiger partial charge in [0.2, 0.25) is 0 Å². The van der Waals surface area contributed by atoms with Gasteiger partial charge in [0.05, 0.1) is 11.4 Å². The van der Waals surface area contributed by atoms with Crippen LogP contribution in [0.4, 0.5) is 0 Å². The van der Waals surface area contributed by atoms with Crippen molar-refractivity contribution in [2.75, 3.05) is 5.75 Å². The van der Waals surface area contributed by atoms with Crippen molar-refractivity contribution in [2.45, 2.75) is 11.9 Å². The average Bonchev–Trinajstić information content (AvgIpc) is 2.69. The predicted octanol–water partition coefficient (Wildman–Crippen LogP) is 1.15. The van der Waals surface area contributed by atoms with E-state index in [0.717, 1.165) is 10.7 Å². The highest BCUT2D eigenvalue weighted by Gasteiger charge is 2.10. The Balaban J connectivity index is 2.31. The monoisotopic (exact) mass is 250 g/mol. The minimum absolute atomic E-state index is 0.00375. The van der Waals surface area contributed by atoms with Gasteiger partial charge in [-0.3, -0.25) is 4.79 Å². The zero-order valence-corrected chi connectivity index (χ0v) is 9.89. The highest BCUT2D eigenvalue weighted by molar-refractivity contribution is 7.99. The summed E-state index contributed by atoms with van der Waals surface area (Å²) in [5.41, 5.74) is 0.816. The molecule has 88 valence electrons. The highest BCUT2D eigenvalue weighted by atomic mass is 32.2. The third-order valence-electron chi connectivity index (χ3n) is 1.93. The molecule has 0 fully saturated rings. The summed E-state index contributed by atoms with van der Waals surface area (Å²) in [6.07, 6.45) is 3.04. The van der Waals surface area contributed by atoms with Crippen molar-refractivity contribution in [2.24, 2.45) is 0 Å². The fraction of sp³-hybridized carbons (Fsp3) is 0.200. The summed E-state index contributed by atoms with van der Waals surface area (Å²) < 4.78 is 1.62. The van der Waals surface area contributed by atoms with Crippen molar-refractivity contribution in [1.82, 2.24) is 19.7 Å². The van der Waals surface area contributed by atoms with Crippen LogP contribution >= 0.6 is 11.8 Å². The van der Waals surface area contributed by atoms with E-state index in [1.54, 1.807) is 16.9 Å².